The van der Waals surface area contributed by atoms with Crippen molar-refractivity contribution in [1.82, 2.24) is 19.9 Å². The van der Waals surface area contributed by atoms with Gasteiger partial charge in [0, 0.05) is 38.3 Å². The summed E-state index contributed by atoms with van der Waals surface area (Å²) in [6.07, 6.45) is -4.37. The molecule has 2 aromatic carbocycles. The van der Waals surface area contributed by atoms with Crippen LogP contribution in [0.5, 0.6) is 5.75 Å². The van der Waals surface area contributed by atoms with Crippen LogP contribution >= 0.6 is 0 Å². The average molecular weight is 430 g/mol. The molecule has 1 fully saturated rings. The summed E-state index contributed by atoms with van der Waals surface area (Å²) in [4.78, 5) is 16.7. The van der Waals surface area contributed by atoms with Gasteiger partial charge >= 0.3 is 6.18 Å². The SMILES string of the molecule is Nc1nc(-c2cccc(O)c2)nc(N2CCN(Cc3ccccc3C(F)(F)F)CC2)n1. The van der Waals surface area contributed by atoms with Crippen molar-refractivity contribution in [1.29, 1.82) is 0 Å². The van der Waals surface area contributed by atoms with E-state index >= 15 is 0 Å². The number of phenolic OH excluding ortho intramolecular Hbond substituents is 1. The molecule has 0 atom stereocenters. The first-order valence-electron chi connectivity index (χ1n) is 9.73. The van der Waals surface area contributed by atoms with Crippen LogP contribution in [0.1, 0.15) is 11.1 Å². The minimum Gasteiger partial charge on any atom is -0.508 e. The summed E-state index contributed by atoms with van der Waals surface area (Å²) in [5, 5.41) is 9.69. The number of benzene rings is 2. The van der Waals surface area contributed by atoms with Crippen LogP contribution in [0.4, 0.5) is 25.1 Å². The standard InChI is InChI=1S/C21H21F3N6O/c22-21(23,24)17-7-2-1-4-15(17)13-29-8-10-30(11-9-29)20-27-18(26-19(25)28-20)14-5-3-6-16(31)12-14/h1-7,12,31H,8-11,13H2,(H2,25,26,27,28). The number of alkyl halides is 3. The normalized spacial score (nSPS) is 15.3. The third-order valence-electron chi connectivity index (χ3n) is 5.12. The van der Waals surface area contributed by atoms with Gasteiger partial charge in [0.1, 0.15) is 5.75 Å². The number of hydrogen-bond acceptors (Lipinski definition) is 7. The van der Waals surface area contributed by atoms with Crippen molar-refractivity contribution in [2.24, 2.45) is 0 Å². The van der Waals surface area contributed by atoms with Gasteiger partial charge in [-0.05, 0) is 23.8 Å². The number of halogens is 3. The molecule has 3 N–H and O–H groups in total. The van der Waals surface area contributed by atoms with E-state index in [-0.39, 0.29) is 23.8 Å². The van der Waals surface area contributed by atoms with E-state index in [1.165, 1.54) is 18.2 Å². The molecule has 4 rings (SSSR count). The Morgan fingerprint density at radius 1 is 0.935 bits per heavy atom. The van der Waals surface area contributed by atoms with Gasteiger partial charge in [-0.1, -0.05) is 30.3 Å². The van der Waals surface area contributed by atoms with E-state index in [0.29, 0.717) is 43.5 Å². The van der Waals surface area contributed by atoms with E-state index in [9.17, 15) is 18.3 Å². The zero-order chi connectivity index (χ0) is 22.0. The molecule has 31 heavy (non-hydrogen) atoms. The van der Waals surface area contributed by atoms with E-state index < -0.39 is 11.7 Å². The summed E-state index contributed by atoms with van der Waals surface area (Å²) in [5.41, 5.74) is 6.13. The minimum atomic E-state index is -4.37. The van der Waals surface area contributed by atoms with Gasteiger partial charge in [-0.25, -0.2) is 0 Å². The van der Waals surface area contributed by atoms with Crippen LogP contribution in [-0.4, -0.2) is 51.1 Å². The Morgan fingerprint density at radius 3 is 2.39 bits per heavy atom. The van der Waals surface area contributed by atoms with Gasteiger partial charge in [-0.3, -0.25) is 4.90 Å². The smallest absolute Gasteiger partial charge is 0.416 e. The predicted molar refractivity (Wildman–Crippen MR) is 110 cm³/mol. The number of nitrogens with two attached hydrogens (primary N) is 1. The largest absolute Gasteiger partial charge is 0.508 e. The zero-order valence-electron chi connectivity index (χ0n) is 16.5. The molecule has 1 aliphatic heterocycles. The lowest BCUT2D eigenvalue weighted by Crippen LogP contribution is -2.46. The Balaban J connectivity index is 1.46. The van der Waals surface area contributed by atoms with Crippen molar-refractivity contribution in [3.8, 4) is 17.1 Å². The molecular formula is C21H21F3N6O. The van der Waals surface area contributed by atoms with Crippen LogP contribution in [0.3, 0.4) is 0 Å². The van der Waals surface area contributed by atoms with Crippen molar-refractivity contribution in [3.05, 3.63) is 59.7 Å². The molecular weight excluding hydrogens is 409 g/mol. The molecule has 0 radical (unpaired) electrons. The van der Waals surface area contributed by atoms with Crippen LogP contribution in [0.25, 0.3) is 11.4 Å². The van der Waals surface area contributed by atoms with Crippen molar-refractivity contribution in [3.63, 3.8) is 0 Å². The molecule has 1 aromatic heterocycles. The summed E-state index contributed by atoms with van der Waals surface area (Å²) < 4.78 is 39.7. The first-order valence-corrected chi connectivity index (χ1v) is 9.73. The highest BCUT2D eigenvalue weighted by Crippen LogP contribution is 2.32. The fourth-order valence-corrected chi connectivity index (χ4v) is 3.58. The topological polar surface area (TPSA) is 91.4 Å². The molecule has 162 valence electrons. The maximum Gasteiger partial charge on any atom is 0.416 e. The monoisotopic (exact) mass is 430 g/mol. The van der Waals surface area contributed by atoms with Crippen LogP contribution < -0.4 is 10.6 Å². The molecule has 0 spiro atoms. The van der Waals surface area contributed by atoms with Crippen LogP contribution in [0.2, 0.25) is 0 Å². The third-order valence-corrected chi connectivity index (χ3v) is 5.12. The lowest BCUT2D eigenvalue weighted by molar-refractivity contribution is -0.138. The first-order chi connectivity index (χ1) is 14.8. The van der Waals surface area contributed by atoms with Gasteiger partial charge < -0.3 is 15.7 Å². The molecule has 0 amide bonds. The molecule has 1 aliphatic rings. The summed E-state index contributed by atoms with van der Waals surface area (Å²) >= 11 is 0. The van der Waals surface area contributed by atoms with Gasteiger partial charge in [-0.15, -0.1) is 0 Å². The maximum atomic E-state index is 13.2. The molecule has 0 aliphatic carbocycles. The number of aromatic hydroxyl groups is 1. The van der Waals surface area contributed by atoms with E-state index in [4.69, 9.17) is 5.73 Å². The summed E-state index contributed by atoms with van der Waals surface area (Å²) in [7, 11) is 0. The number of nitrogen functional groups attached to an aromatic ring is 1. The highest BCUT2D eigenvalue weighted by Gasteiger charge is 2.33. The molecule has 3 aromatic rings. The second-order valence-corrected chi connectivity index (χ2v) is 7.29. The van der Waals surface area contributed by atoms with Crippen molar-refractivity contribution in [2.75, 3.05) is 36.8 Å². The number of piperazine rings is 1. The van der Waals surface area contributed by atoms with Gasteiger partial charge in [0.25, 0.3) is 0 Å². The number of phenols is 1. The molecule has 1 saturated heterocycles. The molecule has 0 unspecified atom stereocenters. The van der Waals surface area contributed by atoms with Gasteiger partial charge in [0.2, 0.25) is 11.9 Å². The number of rotatable bonds is 4. The van der Waals surface area contributed by atoms with Gasteiger partial charge in [0.15, 0.2) is 5.82 Å². The van der Waals surface area contributed by atoms with E-state index in [1.54, 1.807) is 24.3 Å². The average Bonchev–Trinajstić information content (AvgIpc) is 2.73. The zero-order valence-corrected chi connectivity index (χ0v) is 16.5. The highest BCUT2D eigenvalue weighted by molar-refractivity contribution is 5.59. The number of nitrogens with zero attached hydrogens (tertiary/aromatic N) is 5. The van der Waals surface area contributed by atoms with Crippen LogP contribution in [-0.2, 0) is 12.7 Å². The highest BCUT2D eigenvalue weighted by atomic mass is 19.4. The van der Waals surface area contributed by atoms with E-state index in [2.05, 4.69) is 15.0 Å². The summed E-state index contributed by atoms with van der Waals surface area (Å²) in [6.45, 7) is 2.41. The van der Waals surface area contributed by atoms with Crippen LogP contribution in [0.15, 0.2) is 48.5 Å². The third kappa shape index (κ3) is 4.85. The minimum absolute atomic E-state index is 0.0601. The predicted octanol–water partition coefficient (Wildman–Crippen LogP) is 3.17. The lowest BCUT2D eigenvalue weighted by atomic mass is 10.1. The number of hydrogen-bond donors (Lipinski definition) is 2. The van der Waals surface area contributed by atoms with Crippen LogP contribution in [0, 0.1) is 0 Å². The van der Waals surface area contributed by atoms with E-state index in [0.717, 1.165) is 6.07 Å². The quantitative estimate of drug-likeness (QED) is 0.657. The second-order valence-electron chi connectivity index (χ2n) is 7.29. The summed E-state index contributed by atoms with van der Waals surface area (Å²) in [5.74, 6) is 0.900. The van der Waals surface area contributed by atoms with Crippen molar-refractivity contribution < 1.29 is 18.3 Å². The van der Waals surface area contributed by atoms with Crippen molar-refractivity contribution >= 4 is 11.9 Å². The molecule has 0 saturated carbocycles. The first kappa shape index (κ1) is 20.9. The number of aromatic nitrogens is 3. The van der Waals surface area contributed by atoms with Gasteiger partial charge in [0.05, 0.1) is 5.56 Å². The molecule has 0 bridgehead atoms. The van der Waals surface area contributed by atoms with Crippen molar-refractivity contribution in [2.45, 2.75) is 12.7 Å². The molecule has 2 heterocycles. The Labute approximate surface area is 177 Å². The fraction of sp³-hybridized carbons (Fsp3) is 0.286. The molecule has 7 nitrogen and oxygen atoms in total. The summed E-state index contributed by atoms with van der Waals surface area (Å²) in [6, 6.07) is 12.2. The van der Waals surface area contributed by atoms with E-state index in [1.807, 2.05) is 9.80 Å². The number of anilines is 2. The fourth-order valence-electron chi connectivity index (χ4n) is 3.58. The lowest BCUT2D eigenvalue weighted by Gasteiger charge is -2.35. The van der Waals surface area contributed by atoms with Gasteiger partial charge in [-0.2, -0.15) is 28.1 Å². The Bertz CT molecular complexity index is 1070. The Kier molecular flexibility index (Phi) is 5.64. The second kappa shape index (κ2) is 8.38. The Morgan fingerprint density at radius 2 is 1.68 bits per heavy atom. The maximum absolute atomic E-state index is 13.2. The molecule has 10 heteroatoms. The Hall–Kier alpha value is -3.40.